The zero-order chi connectivity index (χ0) is 7.33. The van der Waals surface area contributed by atoms with Crippen molar-refractivity contribution in [2.24, 2.45) is 0 Å². The van der Waals surface area contributed by atoms with Crippen molar-refractivity contribution in [1.29, 1.82) is 0 Å². The molecule has 0 saturated carbocycles. The second-order valence-corrected chi connectivity index (χ2v) is 5.26. The van der Waals surface area contributed by atoms with E-state index in [1.807, 2.05) is 0 Å². The molecule has 0 atom stereocenters. The first-order valence-corrected chi connectivity index (χ1v) is 6.65. The SMILES string of the molecule is CC[C](CC)(CC)[Mg][Cl]. The van der Waals surface area contributed by atoms with Crippen molar-refractivity contribution in [2.75, 3.05) is 0 Å². The summed E-state index contributed by atoms with van der Waals surface area (Å²) in [5.41, 5.74) is 0. The lowest BCUT2D eigenvalue weighted by Crippen LogP contribution is -2.13. The lowest BCUT2D eigenvalue weighted by atomic mass is 9.99. The molecule has 0 N–H and O–H groups in total. The molecule has 0 aromatic heterocycles. The quantitative estimate of drug-likeness (QED) is 0.552. The van der Waals surface area contributed by atoms with Crippen molar-refractivity contribution < 1.29 is 0 Å². The summed E-state index contributed by atoms with van der Waals surface area (Å²) >= 11 is -0.307. The molecule has 0 spiro atoms. The van der Waals surface area contributed by atoms with Crippen LogP contribution in [0.3, 0.4) is 0 Å². The number of hydrogen-bond acceptors (Lipinski definition) is 0. The van der Waals surface area contributed by atoms with Crippen molar-refractivity contribution >= 4 is 28.3 Å². The van der Waals surface area contributed by atoms with Gasteiger partial charge in [-0.1, -0.05) is 40.0 Å². The number of halogens is 1. The topological polar surface area (TPSA) is 0 Å². The molecule has 0 radical (unpaired) electrons. The Labute approximate surface area is 71.9 Å². The van der Waals surface area contributed by atoms with Crippen molar-refractivity contribution in [3.63, 3.8) is 0 Å². The van der Waals surface area contributed by atoms with Crippen LogP contribution in [0.4, 0.5) is 0 Å². The molecular weight excluding hydrogens is 144 g/mol. The third-order valence-corrected chi connectivity index (χ3v) is 6.30. The van der Waals surface area contributed by atoms with E-state index in [2.05, 4.69) is 20.8 Å². The van der Waals surface area contributed by atoms with Crippen LogP contribution < -0.4 is 0 Å². The van der Waals surface area contributed by atoms with Crippen LogP contribution in [0.5, 0.6) is 0 Å². The maximum atomic E-state index is 5.96. The third-order valence-electron chi connectivity index (χ3n) is 2.53. The molecule has 0 fully saturated rings. The maximum absolute atomic E-state index is 5.96. The van der Waals surface area contributed by atoms with Gasteiger partial charge in [-0.3, -0.25) is 0 Å². The Hall–Kier alpha value is 1.06. The second-order valence-electron chi connectivity index (χ2n) is 2.69. The van der Waals surface area contributed by atoms with Gasteiger partial charge in [-0.15, -0.1) is 3.54 Å². The highest BCUT2D eigenvalue weighted by atomic mass is 35.5. The summed E-state index contributed by atoms with van der Waals surface area (Å²) < 4.78 is 0.571. The number of rotatable bonds is 4. The fraction of sp³-hybridized carbons (Fsp3) is 1.00. The van der Waals surface area contributed by atoms with Crippen LogP contribution in [0.2, 0.25) is 3.54 Å². The van der Waals surface area contributed by atoms with Crippen LogP contribution in [0, 0.1) is 0 Å². The van der Waals surface area contributed by atoms with E-state index in [0.29, 0.717) is 3.54 Å². The fourth-order valence-electron chi connectivity index (χ4n) is 1.03. The van der Waals surface area contributed by atoms with Gasteiger partial charge >= 0.3 is 19.3 Å². The third kappa shape index (κ3) is 2.65. The van der Waals surface area contributed by atoms with Crippen molar-refractivity contribution in [2.45, 2.75) is 43.6 Å². The molecule has 0 aliphatic heterocycles. The molecular formula is C7H15ClMg. The van der Waals surface area contributed by atoms with Gasteiger partial charge in [0.05, 0.1) is 0 Å². The first-order chi connectivity index (χ1) is 4.24. The summed E-state index contributed by atoms with van der Waals surface area (Å²) in [5, 5.41) is 0. The molecule has 0 aliphatic carbocycles. The Balaban J connectivity index is 3.82. The Morgan fingerprint density at radius 1 is 1.11 bits per heavy atom. The molecule has 52 valence electrons. The molecule has 0 heterocycles. The summed E-state index contributed by atoms with van der Waals surface area (Å²) in [5.74, 6) is 0. The van der Waals surface area contributed by atoms with E-state index in [9.17, 15) is 0 Å². The van der Waals surface area contributed by atoms with Crippen molar-refractivity contribution in [3.8, 4) is 0 Å². The zero-order valence-electron chi connectivity index (χ0n) is 6.71. The van der Waals surface area contributed by atoms with Gasteiger partial charge in [-0.2, -0.15) is 0 Å². The van der Waals surface area contributed by atoms with Gasteiger partial charge in [0.25, 0.3) is 0 Å². The predicted molar refractivity (Wildman–Crippen MR) is 45.2 cm³/mol. The fourth-order valence-corrected chi connectivity index (χ4v) is 3.30. The van der Waals surface area contributed by atoms with Gasteiger partial charge in [-0.25, -0.2) is 0 Å². The molecule has 0 bridgehead atoms. The first kappa shape index (κ1) is 10.1. The Bertz CT molecular complexity index is 51.8. The summed E-state index contributed by atoms with van der Waals surface area (Å²) in [7, 11) is 5.96. The van der Waals surface area contributed by atoms with E-state index in [4.69, 9.17) is 9.07 Å². The smallest absolute Gasteiger partial charge is 0.345 e. The van der Waals surface area contributed by atoms with E-state index in [0.717, 1.165) is 0 Å². The molecule has 0 aromatic rings. The van der Waals surface area contributed by atoms with Crippen molar-refractivity contribution in [3.05, 3.63) is 0 Å². The Morgan fingerprint density at radius 3 is 1.44 bits per heavy atom. The lowest BCUT2D eigenvalue weighted by molar-refractivity contribution is 0.501. The Kier molecular flexibility index (Phi) is 5.37. The van der Waals surface area contributed by atoms with Crippen LogP contribution in [-0.2, 0) is 0 Å². The molecule has 0 unspecified atom stereocenters. The van der Waals surface area contributed by atoms with Gasteiger partial charge in [-0.05, 0) is 0 Å². The van der Waals surface area contributed by atoms with Crippen LogP contribution in [0.1, 0.15) is 40.0 Å². The normalized spacial score (nSPS) is 11.1. The molecule has 0 nitrogen and oxygen atoms in total. The largest absolute Gasteiger partial charge is 0.507 e. The molecule has 0 aromatic carbocycles. The highest BCUT2D eigenvalue weighted by Gasteiger charge is 2.24. The van der Waals surface area contributed by atoms with Gasteiger partial charge in [0.1, 0.15) is 0 Å². The van der Waals surface area contributed by atoms with Crippen LogP contribution in [0.15, 0.2) is 0 Å². The molecule has 0 saturated heterocycles. The minimum absolute atomic E-state index is 0.307. The molecule has 0 rings (SSSR count). The summed E-state index contributed by atoms with van der Waals surface area (Å²) in [6.45, 7) is 6.76. The molecule has 0 amide bonds. The predicted octanol–water partition coefficient (Wildman–Crippen LogP) is 3.23. The van der Waals surface area contributed by atoms with E-state index in [1.165, 1.54) is 19.3 Å². The Morgan fingerprint density at radius 2 is 1.44 bits per heavy atom. The minimum Gasteiger partial charge on any atom is -0.345 e. The van der Waals surface area contributed by atoms with Crippen LogP contribution in [-0.4, -0.2) is 19.3 Å². The zero-order valence-corrected chi connectivity index (χ0v) is 8.88. The lowest BCUT2D eigenvalue weighted by Gasteiger charge is -2.27. The van der Waals surface area contributed by atoms with Gasteiger partial charge in [0, 0.05) is 0 Å². The summed E-state index contributed by atoms with van der Waals surface area (Å²) in [6.07, 6.45) is 3.82. The van der Waals surface area contributed by atoms with Gasteiger partial charge < -0.3 is 9.07 Å². The number of hydrogen-bond donors (Lipinski definition) is 0. The highest BCUT2D eigenvalue weighted by Crippen LogP contribution is 2.37. The van der Waals surface area contributed by atoms with Crippen LogP contribution in [0.25, 0.3) is 0 Å². The van der Waals surface area contributed by atoms with Gasteiger partial charge in [0.2, 0.25) is 0 Å². The summed E-state index contributed by atoms with van der Waals surface area (Å²) in [4.78, 5) is 0. The summed E-state index contributed by atoms with van der Waals surface area (Å²) in [6, 6.07) is 0. The molecule has 2 heteroatoms. The van der Waals surface area contributed by atoms with E-state index in [1.54, 1.807) is 0 Å². The monoisotopic (exact) mass is 158 g/mol. The molecule has 0 aliphatic rings. The van der Waals surface area contributed by atoms with E-state index < -0.39 is 0 Å². The van der Waals surface area contributed by atoms with E-state index >= 15 is 0 Å². The first-order valence-electron chi connectivity index (χ1n) is 3.80. The van der Waals surface area contributed by atoms with Crippen LogP contribution >= 0.6 is 9.07 Å². The minimum atomic E-state index is -0.307. The van der Waals surface area contributed by atoms with E-state index in [-0.39, 0.29) is 19.3 Å². The average Bonchev–Trinajstić information content (AvgIpc) is 1.95. The maximum Gasteiger partial charge on any atom is 0.507 e. The average molecular weight is 159 g/mol. The molecule has 9 heavy (non-hydrogen) atoms. The standard InChI is InChI=1S/C7H15.ClH.Mg/c1-4-7(5-2)6-3;;/h4-6H2,1-3H3;1H;/q;;+1/p-1. The highest BCUT2D eigenvalue weighted by molar-refractivity contribution is 6.95. The second kappa shape index (κ2) is 4.81. The van der Waals surface area contributed by atoms with Crippen molar-refractivity contribution in [1.82, 2.24) is 0 Å². The van der Waals surface area contributed by atoms with Gasteiger partial charge in [0.15, 0.2) is 0 Å².